The molecule has 0 aromatic heterocycles. The highest BCUT2D eigenvalue weighted by atomic mass is 16.8. The van der Waals surface area contributed by atoms with E-state index in [2.05, 4.69) is 0 Å². The Balaban J connectivity index is 1.58. The second kappa shape index (κ2) is 10.6. The number of hydrogen-bond donors (Lipinski definition) is 8. The van der Waals surface area contributed by atoms with Gasteiger partial charge in [-0.05, 0) is 24.1 Å². The van der Waals surface area contributed by atoms with Crippen molar-refractivity contribution in [3.63, 3.8) is 0 Å². The Morgan fingerprint density at radius 3 is 2.28 bits per heavy atom. The van der Waals surface area contributed by atoms with Gasteiger partial charge in [-0.3, -0.25) is 10.4 Å². The van der Waals surface area contributed by atoms with Crippen molar-refractivity contribution in [3.05, 3.63) is 29.8 Å². The van der Waals surface area contributed by atoms with Crippen molar-refractivity contribution in [2.45, 2.75) is 55.1 Å². The number of hydrogen-bond acceptors (Lipinski definition) is 13. The fourth-order valence-electron chi connectivity index (χ4n) is 3.37. The minimum atomic E-state index is -1.88. The number of benzene rings is 1. The van der Waals surface area contributed by atoms with Gasteiger partial charge in [0.2, 0.25) is 6.29 Å². The van der Waals surface area contributed by atoms with E-state index in [4.69, 9.17) is 29.4 Å². The monoisotopic (exact) mass is 463 g/mol. The zero-order valence-electron chi connectivity index (χ0n) is 17.0. The largest absolute Gasteiger partial charge is 0.462 e. The van der Waals surface area contributed by atoms with Crippen molar-refractivity contribution in [1.82, 2.24) is 5.23 Å². The van der Waals surface area contributed by atoms with Crippen LogP contribution in [0.15, 0.2) is 24.3 Å². The zero-order chi connectivity index (χ0) is 23.5. The van der Waals surface area contributed by atoms with Gasteiger partial charge in [0, 0.05) is 0 Å². The van der Waals surface area contributed by atoms with Crippen LogP contribution in [0.4, 0.5) is 0 Å². The number of ether oxygens (including phenoxy) is 4. The fraction of sp³-hybridized carbons (Fsp3) is 0.684. The minimum Gasteiger partial charge on any atom is -0.462 e. The van der Waals surface area contributed by atoms with E-state index in [1.54, 1.807) is 24.3 Å². The van der Waals surface area contributed by atoms with E-state index in [1.807, 2.05) is 0 Å². The maximum absolute atomic E-state index is 10.2. The number of rotatable bonds is 9. The maximum atomic E-state index is 10.2. The third-order valence-corrected chi connectivity index (χ3v) is 5.45. The molecule has 8 atom stereocenters. The van der Waals surface area contributed by atoms with Gasteiger partial charge in [-0.15, -0.1) is 0 Å². The highest BCUT2D eigenvalue weighted by Gasteiger charge is 2.50. The molecule has 32 heavy (non-hydrogen) atoms. The SMILES string of the molecule is OCC1(O)COC(OCC2OC(Oc3ccc(CCN(O)O)cc3)C(O)C(O)C2O)C1O. The van der Waals surface area contributed by atoms with E-state index in [0.717, 1.165) is 5.56 Å². The van der Waals surface area contributed by atoms with Gasteiger partial charge >= 0.3 is 0 Å². The number of hydroxylamine groups is 2. The number of nitrogens with zero attached hydrogens (tertiary/aromatic N) is 1. The molecule has 2 heterocycles. The van der Waals surface area contributed by atoms with Crippen LogP contribution in [0.1, 0.15) is 5.56 Å². The quantitative estimate of drug-likeness (QED) is 0.172. The number of aliphatic hydroxyl groups excluding tert-OH is 5. The summed E-state index contributed by atoms with van der Waals surface area (Å²) in [6, 6.07) is 6.46. The molecule has 1 aromatic carbocycles. The molecule has 0 amide bonds. The molecule has 2 fully saturated rings. The molecule has 182 valence electrons. The van der Waals surface area contributed by atoms with Gasteiger partial charge < -0.3 is 49.6 Å². The van der Waals surface area contributed by atoms with Crippen molar-refractivity contribution in [2.24, 2.45) is 0 Å². The molecule has 0 saturated carbocycles. The molecule has 0 spiro atoms. The first-order valence-electron chi connectivity index (χ1n) is 9.99. The van der Waals surface area contributed by atoms with Gasteiger partial charge in [0.1, 0.15) is 41.9 Å². The second-order valence-corrected chi connectivity index (χ2v) is 7.84. The topological polar surface area (TPSA) is 202 Å². The van der Waals surface area contributed by atoms with E-state index in [9.17, 15) is 30.6 Å². The Kier molecular flexibility index (Phi) is 8.37. The van der Waals surface area contributed by atoms with Crippen molar-refractivity contribution < 1.29 is 60.0 Å². The second-order valence-electron chi connectivity index (χ2n) is 7.84. The van der Waals surface area contributed by atoms with Gasteiger partial charge in [-0.1, -0.05) is 17.4 Å². The van der Waals surface area contributed by atoms with Gasteiger partial charge in [0.05, 0.1) is 26.4 Å². The number of aliphatic hydroxyl groups is 6. The average Bonchev–Trinajstić information content (AvgIpc) is 3.07. The molecule has 13 nitrogen and oxygen atoms in total. The molecule has 0 radical (unpaired) electrons. The van der Waals surface area contributed by atoms with E-state index in [0.29, 0.717) is 6.42 Å². The lowest BCUT2D eigenvalue weighted by Gasteiger charge is -2.40. The first kappa shape index (κ1) is 25.2. The van der Waals surface area contributed by atoms with Crippen molar-refractivity contribution in [3.8, 4) is 5.75 Å². The standard InChI is InChI=1S/C19H29NO12/c21-8-19(26)9-30-18(16(19)25)29-7-12-13(22)14(23)15(24)17(32-12)31-11-3-1-10(2-4-11)5-6-20(27)28/h1-4,12-18,21-28H,5-9H2. The van der Waals surface area contributed by atoms with E-state index < -0.39 is 55.3 Å². The normalized spacial score (nSPS) is 37.7. The van der Waals surface area contributed by atoms with Crippen LogP contribution in [0.5, 0.6) is 5.75 Å². The smallest absolute Gasteiger partial charge is 0.229 e. The Morgan fingerprint density at radius 2 is 1.69 bits per heavy atom. The van der Waals surface area contributed by atoms with Gasteiger partial charge in [0.15, 0.2) is 6.29 Å². The molecule has 8 unspecified atom stereocenters. The van der Waals surface area contributed by atoms with Crippen LogP contribution >= 0.6 is 0 Å². The van der Waals surface area contributed by atoms with Crippen molar-refractivity contribution in [1.29, 1.82) is 0 Å². The molecule has 2 saturated heterocycles. The van der Waals surface area contributed by atoms with Gasteiger partial charge in [0.25, 0.3) is 0 Å². The van der Waals surface area contributed by atoms with Crippen LogP contribution < -0.4 is 4.74 Å². The van der Waals surface area contributed by atoms with Gasteiger partial charge in [-0.25, -0.2) is 0 Å². The molecule has 2 aliphatic rings. The minimum absolute atomic E-state index is 0.00548. The summed E-state index contributed by atoms with van der Waals surface area (Å²) in [6.45, 7) is -1.48. The molecule has 1 aromatic rings. The predicted octanol–water partition coefficient (Wildman–Crippen LogP) is -3.05. The molecule has 0 bridgehead atoms. The Morgan fingerprint density at radius 1 is 1.00 bits per heavy atom. The van der Waals surface area contributed by atoms with E-state index in [-0.39, 0.29) is 30.7 Å². The molecule has 3 rings (SSSR count). The summed E-state index contributed by atoms with van der Waals surface area (Å²) >= 11 is 0. The molecule has 2 aliphatic heterocycles. The highest BCUT2D eigenvalue weighted by molar-refractivity contribution is 5.27. The summed E-state index contributed by atoms with van der Waals surface area (Å²) in [5.74, 6) is 0.286. The van der Waals surface area contributed by atoms with Gasteiger partial charge in [-0.2, -0.15) is 0 Å². The third kappa shape index (κ3) is 5.72. The Labute approximate surface area is 183 Å². The van der Waals surface area contributed by atoms with E-state index in [1.165, 1.54) is 0 Å². The summed E-state index contributed by atoms with van der Waals surface area (Å²) in [7, 11) is 0. The van der Waals surface area contributed by atoms with Crippen molar-refractivity contribution >= 4 is 0 Å². The lowest BCUT2D eigenvalue weighted by Crippen LogP contribution is -2.60. The van der Waals surface area contributed by atoms with Crippen LogP contribution in [0.3, 0.4) is 0 Å². The van der Waals surface area contributed by atoms with Crippen LogP contribution in [0.2, 0.25) is 0 Å². The summed E-state index contributed by atoms with van der Waals surface area (Å²) in [5.41, 5.74) is -1.09. The first-order chi connectivity index (χ1) is 15.1. The summed E-state index contributed by atoms with van der Waals surface area (Å²) in [4.78, 5) is 0. The third-order valence-electron chi connectivity index (χ3n) is 5.45. The van der Waals surface area contributed by atoms with Crippen LogP contribution in [0, 0.1) is 0 Å². The van der Waals surface area contributed by atoms with Crippen LogP contribution in [-0.4, -0.2) is 121 Å². The summed E-state index contributed by atoms with van der Waals surface area (Å²) in [5, 5.41) is 77.4. The lowest BCUT2D eigenvalue weighted by atomic mass is 9.99. The predicted molar refractivity (Wildman–Crippen MR) is 101 cm³/mol. The molecule has 13 heteroatoms. The molecule has 0 aliphatic carbocycles. The van der Waals surface area contributed by atoms with Crippen LogP contribution in [-0.2, 0) is 20.6 Å². The van der Waals surface area contributed by atoms with Crippen molar-refractivity contribution in [2.75, 3.05) is 26.4 Å². The zero-order valence-corrected chi connectivity index (χ0v) is 17.0. The summed E-state index contributed by atoms with van der Waals surface area (Å²) in [6.07, 6.45) is -9.75. The molecular formula is C19H29NO12. The van der Waals surface area contributed by atoms with Crippen LogP contribution in [0.25, 0.3) is 0 Å². The average molecular weight is 463 g/mol. The highest BCUT2D eigenvalue weighted by Crippen LogP contribution is 2.28. The Bertz CT molecular complexity index is 721. The maximum Gasteiger partial charge on any atom is 0.229 e. The lowest BCUT2D eigenvalue weighted by molar-refractivity contribution is -0.305. The molecular weight excluding hydrogens is 434 g/mol. The Hall–Kier alpha value is -1.46. The fourth-order valence-corrected chi connectivity index (χ4v) is 3.37. The molecule has 8 N–H and O–H groups in total. The van der Waals surface area contributed by atoms with E-state index >= 15 is 0 Å². The first-order valence-corrected chi connectivity index (χ1v) is 9.99. The summed E-state index contributed by atoms with van der Waals surface area (Å²) < 4.78 is 21.6.